The maximum absolute atomic E-state index is 14.1. The zero-order chi connectivity index (χ0) is 14.4. The third kappa shape index (κ3) is 2.01. The van der Waals surface area contributed by atoms with Gasteiger partial charge in [-0.3, -0.25) is 4.57 Å². The third-order valence-corrected chi connectivity index (χ3v) is 4.13. The maximum atomic E-state index is 14.1. The van der Waals surface area contributed by atoms with E-state index in [0.717, 1.165) is 0 Å². The van der Waals surface area contributed by atoms with Gasteiger partial charge in [-0.25, -0.2) is 13.8 Å². The molecule has 20 heavy (non-hydrogen) atoms. The Morgan fingerprint density at radius 2 is 1.80 bits per heavy atom. The van der Waals surface area contributed by atoms with E-state index in [1.807, 2.05) is 0 Å². The number of benzene rings is 2. The largest absolute Gasteiger partial charge is 0.369 e. The molecule has 3 rings (SSSR count). The molecule has 0 aliphatic rings. The summed E-state index contributed by atoms with van der Waals surface area (Å²) in [4.78, 5) is 4.07. The van der Waals surface area contributed by atoms with Crippen molar-refractivity contribution in [1.82, 2.24) is 9.55 Å². The number of hydrogen-bond acceptors (Lipinski definition) is 2. The van der Waals surface area contributed by atoms with Crippen LogP contribution >= 0.6 is 31.9 Å². The molecule has 1 heterocycles. The summed E-state index contributed by atoms with van der Waals surface area (Å²) >= 11 is 6.40. The summed E-state index contributed by atoms with van der Waals surface area (Å²) in [6.07, 6.45) is 0. The molecule has 0 amide bonds. The molecular weight excluding hydrogens is 396 g/mol. The third-order valence-electron chi connectivity index (χ3n) is 2.88. The van der Waals surface area contributed by atoms with E-state index in [9.17, 15) is 8.78 Å². The highest BCUT2D eigenvalue weighted by Crippen LogP contribution is 2.32. The number of nitrogens with zero attached hydrogens (tertiary/aromatic N) is 2. The first-order chi connectivity index (χ1) is 9.49. The molecule has 3 aromatic rings. The fraction of sp³-hybridized carbons (Fsp3) is 0. The molecule has 0 radical (unpaired) electrons. The van der Waals surface area contributed by atoms with Crippen LogP contribution in [0.5, 0.6) is 0 Å². The van der Waals surface area contributed by atoms with Crippen molar-refractivity contribution < 1.29 is 8.78 Å². The first-order valence-corrected chi connectivity index (χ1v) is 7.15. The van der Waals surface area contributed by atoms with E-state index in [1.54, 1.807) is 12.1 Å². The summed E-state index contributed by atoms with van der Waals surface area (Å²) in [6, 6.07) is 7.37. The fourth-order valence-electron chi connectivity index (χ4n) is 2.03. The zero-order valence-electron chi connectivity index (χ0n) is 9.87. The second-order valence-corrected chi connectivity index (χ2v) is 5.84. The van der Waals surface area contributed by atoms with E-state index in [4.69, 9.17) is 5.73 Å². The van der Waals surface area contributed by atoms with Gasteiger partial charge in [-0.05, 0) is 50.1 Å². The van der Waals surface area contributed by atoms with Crippen LogP contribution in [-0.4, -0.2) is 9.55 Å². The van der Waals surface area contributed by atoms with Gasteiger partial charge in [-0.2, -0.15) is 0 Å². The molecule has 2 aromatic carbocycles. The maximum Gasteiger partial charge on any atom is 0.206 e. The minimum atomic E-state index is -0.453. The van der Waals surface area contributed by atoms with Gasteiger partial charge >= 0.3 is 0 Å². The van der Waals surface area contributed by atoms with Gasteiger partial charge in [0, 0.05) is 10.5 Å². The SMILES string of the molecule is Nc1nc2cc(F)c(Br)cc2n1-c1c(F)cccc1Br. The predicted molar refractivity (Wildman–Crippen MR) is 80.8 cm³/mol. The Bertz CT molecular complexity index is 810. The lowest BCUT2D eigenvalue weighted by atomic mass is 10.2. The monoisotopic (exact) mass is 401 g/mol. The van der Waals surface area contributed by atoms with Crippen molar-refractivity contribution in [2.75, 3.05) is 5.73 Å². The number of hydrogen-bond donors (Lipinski definition) is 1. The zero-order valence-corrected chi connectivity index (χ0v) is 13.0. The van der Waals surface area contributed by atoms with Gasteiger partial charge in [0.1, 0.15) is 11.6 Å². The highest BCUT2D eigenvalue weighted by molar-refractivity contribution is 9.10. The van der Waals surface area contributed by atoms with Crippen molar-refractivity contribution >= 4 is 48.8 Å². The highest BCUT2D eigenvalue weighted by Gasteiger charge is 2.17. The molecule has 0 aliphatic heterocycles. The highest BCUT2D eigenvalue weighted by atomic mass is 79.9. The van der Waals surface area contributed by atoms with Gasteiger partial charge in [-0.1, -0.05) is 6.07 Å². The van der Waals surface area contributed by atoms with Crippen LogP contribution in [0.4, 0.5) is 14.7 Å². The van der Waals surface area contributed by atoms with Crippen molar-refractivity contribution in [3.63, 3.8) is 0 Å². The first kappa shape index (κ1) is 13.5. The molecule has 2 N–H and O–H groups in total. The van der Waals surface area contributed by atoms with E-state index < -0.39 is 11.6 Å². The Hall–Kier alpha value is -1.47. The minimum absolute atomic E-state index is 0.0864. The predicted octanol–water partition coefficient (Wildman–Crippen LogP) is 4.41. The molecule has 0 saturated heterocycles. The Labute approximate surface area is 129 Å². The molecular formula is C13H7Br2F2N3. The quantitative estimate of drug-likeness (QED) is 0.655. The molecule has 1 aromatic heterocycles. The average Bonchev–Trinajstić information content (AvgIpc) is 2.67. The lowest BCUT2D eigenvalue weighted by Crippen LogP contribution is -2.04. The number of fused-ring (bicyclic) bond motifs is 1. The van der Waals surface area contributed by atoms with Gasteiger partial charge in [0.05, 0.1) is 21.2 Å². The van der Waals surface area contributed by atoms with E-state index in [2.05, 4.69) is 36.8 Å². The molecule has 0 bridgehead atoms. The first-order valence-electron chi connectivity index (χ1n) is 5.56. The minimum Gasteiger partial charge on any atom is -0.369 e. The number of nitrogen functional groups attached to an aromatic ring is 1. The van der Waals surface area contributed by atoms with Crippen molar-refractivity contribution in [3.8, 4) is 5.69 Å². The van der Waals surface area contributed by atoms with Crippen LogP contribution in [0.15, 0.2) is 39.3 Å². The number of halogens is 4. The molecule has 0 atom stereocenters. The average molecular weight is 403 g/mol. The molecule has 0 spiro atoms. The number of imidazole rings is 1. The number of aromatic nitrogens is 2. The van der Waals surface area contributed by atoms with Crippen LogP contribution in [-0.2, 0) is 0 Å². The van der Waals surface area contributed by atoms with Gasteiger partial charge in [0.15, 0.2) is 0 Å². The van der Waals surface area contributed by atoms with Crippen LogP contribution in [0.3, 0.4) is 0 Å². The number of anilines is 1. The van der Waals surface area contributed by atoms with E-state index >= 15 is 0 Å². The summed E-state index contributed by atoms with van der Waals surface area (Å²) in [5, 5.41) is 0. The summed E-state index contributed by atoms with van der Waals surface area (Å²) in [5.74, 6) is -0.816. The van der Waals surface area contributed by atoms with E-state index in [0.29, 0.717) is 15.5 Å². The van der Waals surface area contributed by atoms with Crippen LogP contribution in [0.25, 0.3) is 16.7 Å². The number of nitrogens with two attached hydrogens (primary N) is 1. The summed E-state index contributed by atoms with van der Waals surface area (Å²) in [5.41, 5.74) is 6.97. The lowest BCUT2D eigenvalue weighted by Gasteiger charge is -2.10. The van der Waals surface area contributed by atoms with Crippen molar-refractivity contribution in [2.45, 2.75) is 0 Å². The standard InChI is InChI=1S/C13H7Br2F2N3/c14-6-2-1-3-8(16)12(6)20-11-4-7(15)9(17)5-10(11)19-13(20)18/h1-5H,(H2,18,19). The Balaban J connectivity index is 2.42. The van der Waals surface area contributed by atoms with Gasteiger partial charge in [-0.15, -0.1) is 0 Å². The van der Waals surface area contributed by atoms with Crippen LogP contribution in [0, 0.1) is 11.6 Å². The molecule has 0 fully saturated rings. The summed E-state index contributed by atoms with van der Waals surface area (Å²) in [6.45, 7) is 0. The molecule has 3 nitrogen and oxygen atoms in total. The number of para-hydroxylation sites is 1. The van der Waals surface area contributed by atoms with E-state index in [1.165, 1.54) is 22.8 Å². The second kappa shape index (κ2) is 4.82. The van der Waals surface area contributed by atoms with E-state index in [-0.39, 0.29) is 16.1 Å². The molecule has 102 valence electrons. The topological polar surface area (TPSA) is 43.8 Å². The van der Waals surface area contributed by atoms with Crippen LogP contribution in [0.1, 0.15) is 0 Å². The van der Waals surface area contributed by atoms with Crippen molar-refractivity contribution in [2.24, 2.45) is 0 Å². The molecule has 7 heteroatoms. The Morgan fingerprint density at radius 1 is 1.05 bits per heavy atom. The summed E-state index contributed by atoms with van der Waals surface area (Å²) < 4.78 is 29.8. The second-order valence-electron chi connectivity index (χ2n) is 4.13. The van der Waals surface area contributed by atoms with Crippen LogP contribution in [0.2, 0.25) is 0 Å². The Morgan fingerprint density at radius 3 is 2.50 bits per heavy atom. The van der Waals surface area contributed by atoms with Gasteiger partial charge < -0.3 is 5.73 Å². The molecule has 0 unspecified atom stereocenters. The molecule has 0 saturated carbocycles. The summed E-state index contributed by atoms with van der Waals surface area (Å²) in [7, 11) is 0. The Kier molecular flexibility index (Phi) is 3.25. The van der Waals surface area contributed by atoms with Crippen LogP contribution < -0.4 is 5.73 Å². The molecule has 0 aliphatic carbocycles. The van der Waals surface area contributed by atoms with Crippen molar-refractivity contribution in [3.05, 3.63) is 50.9 Å². The number of rotatable bonds is 1. The smallest absolute Gasteiger partial charge is 0.206 e. The van der Waals surface area contributed by atoms with Gasteiger partial charge in [0.2, 0.25) is 5.95 Å². The lowest BCUT2D eigenvalue weighted by molar-refractivity contribution is 0.618. The van der Waals surface area contributed by atoms with Gasteiger partial charge in [0.25, 0.3) is 0 Å². The van der Waals surface area contributed by atoms with Crippen molar-refractivity contribution in [1.29, 1.82) is 0 Å². The normalized spacial score (nSPS) is 11.2. The fourth-order valence-corrected chi connectivity index (χ4v) is 2.88.